The number of hydrogen-bond acceptors (Lipinski definition) is 5. The Balaban J connectivity index is 1.65. The van der Waals surface area contributed by atoms with Gasteiger partial charge in [0.25, 0.3) is 0 Å². The van der Waals surface area contributed by atoms with Crippen molar-refractivity contribution < 1.29 is 19.2 Å². The molecule has 0 aliphatic heterocycles. The molecular weight excluding hydrogens is 390 g/mol. The maximum atomic E-state index is 13.7. The van der Waals surface area contributed by atoms with Gasteiger partial charge in [0.15, 0.2) is 23.1 Å². The number of nitriles is 1. The van der Waals surface area contributed by atoms with Crippen molar-refractivity contribution in [2.45, 2.75) is 5.92 Å². The lowest BCUT2D eigenvalue weighted by Gasteiger charge is -2.11. The van der Waals surface area contributed by atoms with Gasteiger partial charge in [-0.2, -0.15) is 5.26 Å². The molecule has 3 aromatic carbocycles. The molecule has 0 heterocycles. The lowest BCUT2D eigenvalue weighted by Crippen LogP contribution is -2.32. The SMILES string of the molecule is N#Cc1ccc(C2C3(C(=O)c4ccccc4C3=O)C23C(=O)c2ccccc2C3=O)cc1. The molecule has 0 aromatic heterocycles. The average molecular weight is 403 g/mol. The van der Waals surface area contributed by atoms with Crippen LogP contribution in [0.2, 0.25) is 0 Å². The third-order valence-corrected chi connectivity index (χ3v) is 7.04. The Morgan fingerprint density at radius 3 is 1.26 bits per heavy atom. The molecule has 5 heteroatoms. The van der Waals surface area contributed by atoms with Gasteiger partial charge in [0, 0.05) is 28.2 Å². The van der Waals surface area contributed by atoms with E-state index in [0.717, 1.165) is 0 Å². The van der Waals surface area contributed by atoms with Crippen LogP contribution in [0, 0.1) is 22.2 Å². The van der Waals surface area contributed by atoms with E-state index in [1.165, 1.54) is 0 Å². The predicted molar refractivity (Wildman–Crippen MR) is 109 cm³/mol. The van der Waals surface area contributed by atoms with Crippen LogP contribution < -0.4 is 0 Å². The van der Waals surface area contributed by atoms with Gasteiger partial charge in [0.2, 0.25) is 0 Å². The number of nitrogens with zero attached hydrogens (tertiary/aromatic N) is 1. The van der Waals surface area contributed by atoms with Gasteiger partial charge in [-0.25, -0.2) is 0 Å². The molecule has 31 heavy (non-hydrogen) atoms. The minimum Gasteiger partial charge on any atom is -0.293 e. The van der Waals surface area contributed by atoms with E-state index in [2.05, 4.69) is 0 Å². The predicted octanol–water partition coefficient (Wildman–Crippen LogP) is 3.79. The molecule has 0 amide bonds. The summed E-state index contributed by atoms with van der Waals surface area (Å²) in [7, 11) is 0. The van der Waals surface area contributed by atoms with Crippen molar-refractivity contribution >= 4 is 23.1 Å². The Kier molecular flexibility index (Phi) is 3.13. The summed E-state index contributed by atoms with van der Waals surface area (Å²) >= 11 is 0. The van der Waals surface area contributed by atoms with Gasteiger partial charge < -0.3 is 0 Å². The molecule has 1 saturated carbocycles. The Labute approximate surface area is 176 Å². The summed E-state index contributed by atoms with van der Waals surface area (Å²) in [5.74, 6) is -2.81. The second-order valence-electron chi connectivity index (χ2n) is 8.19. The van der Waals surface area contributed by atoms with E-state index in [1.54, 1.807) is 72.8 Å². The standard InChI is InChI=1S/C26H13NO4/c27-13-14-9-11-15(12-10-14)20-25(21(28)16-5-1-2-6-17(16)22(25)29)26(20)23(30)18-7-3-4-8-19(18)24(26)31/h1-12,20H. The van der Waals surface area contributed by atoms with E-state index in [4.69, 9.17) is 5.26 Å². The Bertz CT molecular complexity index is 1270. The molecular formula is C26H13NO4. The fraction of sp³-hybridized carbons (Fsp3) is 0.115. The van der Waals surface area contributed by atoms with E-state index in [-0.39, 0.29) is 22.3 Å². The maximum absolute atomic E-state index is 13.7. The highest BCUT2D eigenvalue weighted by Crippen LogP contribution is 2.81. The minimum absolute atomic E-state index is 0.250. The maximum Gasteiger partial charge on any atom is 0.179 e. The molecule has 5 nitrogen and oxygen atoms in total. The van der Waals surface area contributed by atoms with Crippen molar-refractivity contribution in [3.63, 3.8) is 0 Å². The number of ketones is 4. The highest BCUT2D eigenvalue weighted by atomic mass is 16.2. The van der Waals surface area contributed by atoms with Crippen LogP contribution in [0.3, 0.4) is 0 Å². The Morgan fingerprint density at radius 2 is 0.935 bits per heavy atom. The van der Waals surface area contributed by atoms with E-state index < -0.39 is 39.9 Å². The Morgan fingerprint density at radius 1 is 0.581 bits per heavy atom. The van der Waals surface area contributed by atoms with Crippen molar-refractivity contribution in [3.05, 3.63) is 106 Å². The average Bonchev–Trinajstić information content (AvgIpc) is 3.34. The van der Waals surface area contributed by atoms with Gasteiger partial charge in [0.1, 0.15) is 10.8 Å². The largest absolute Gasteiger partial charge is 0.293 e. The molecule has 2 spiro atoms. The molecule has 146 valence electrons. The third-order valence-electron chi connectivity index (χ3n) is 7.04. The summed E-state index contributed by atoms with van der Waals surface area (Å²) < 4.78 is 0. The van der Waals surface area contributed by atoms with Crippen molar-refractivity contribution in [1.82, 2.24) is 0 Å². The van der Waals surface area contributed by atoms with Crippen LogP contribution in [-0.2, 0) is 0 Å². The lowest BCUT2D eigenvalue weighted by atomic mass is 9.84. The van der Waals surface area contributed by atoms with Crippen molar-refractivity contribution in [3.8, 4) is 6.07 Å². The van der Waals surface area contributed by atoms with Crippen LogP contribution in [0.5, 0.6) is 0 Å². The molecule has 6 rings (SSSR count). The smallest absolute Gasteiger partial charge is 0.179 e. The first-order valence-corrected chi connectivity index (χ1v) is 9.88. The summed E-state index contributed by atoms with van der Waals surface area (Å²) in [6.45, 7) is 0. The quantitative estimate of drug-likeness (QED) is 0.577. The number of rotatable bonds is 1. The zero-order chi connectivity index (χ0) is 21.5. The van der Waals surface area contributed by atoms with Crippen LogP contribution >= 0.6 is 0 Å². The van der Waals surface area contributed by atoms with Crippen LogP contribution in [0.25, 0.3) is 0 Å². The molecule has 0 N–H and O–H groups in total. The number of fused-ring (bicyclic) bond motifs is 3. The van der Waals surface area contributed by atoms with Gasteiger partial charge in [-0.05, 0) is 17.7 Å². The molecule has 0 atom stereocenters. The molecule has 3 aliphatic rings. The van der Waals surface area contributed by atoms with Crippen LogP contribution in [-0.4, -0.2) is 23.1 Å². The minimum atomic E-state index is -1.78. The lowest BCUT2D eigenvalue weighted by molar-refractivity contribution is 0.0663. The molecule has 0 saturated heterocycles. The second kappa shape index (κ2) is 5.50. The normalized spacial score (nSPS) is 19.6. The molecule has 3 aliphatic carbocycles. The summed E-state index contributed by atoms with van der Waals surface area (Å²) in [6.07, 6.45) is 0. The zero-order valence-electron chi connectivity index (χ0n) is 16.1. The third kappa shape index (κ3) is 1.70. The van der Waals surface area contributed by atoms with E-state index in [9.17, 15) is 19.2 Å². The van der Waals surface area contributed by atoms with Crippen molar-refractivity contribution in [1.29, 1.82) is 5.26 Å². The Hall–Kier alpha value is -4.17. The first-order valence-electron chi connectivity index (χ1n) is 9.88. The van der Waals surface area contributed by atoms with Gasteiger partial charge in [0.05, 0.1) is 11.6 Å². The monoisotopic (exact) mass is 403 g/mol. The molecule has 3 aromatic rings. The van der Waals surface area contributed by atoms with E-state index in [1.807, 2.05) is 6.07 Å². The number of Topliss-reactive ketones (excluding diaryl/α,β-unsaturated/α-hetero) is 4. The first-order chi connectivity index (χ1) is 15.0. The molecule has 1 fully saturated rings. The van der Waals surface area contributed by atoms with Crippen LogP contribution in [0.1, 0.15) is 58.5 Å². The number of carbonyl (C=O) groups excluding carboxylic acids is 4. The summed E-state index contributed by atoms with van der Waals surface area (Å²) in [5, 5.41) is 9.13. The first kappa shape index (κ1) is 17.7. The highest BCUT2D eigenvalue weighted by Gasteiger charge is 2.93. The second-order valence-corrected chi connectivity index (χ2v) is 8.19. The van der Waals surface area contributed by atoms with E-state index in [0.29, 0.717) is 11.1 Å². The van der Waals surface area contributed by atoms with Gasteiger partial charge in [-0.1, -0.05) is 60.7 Å². The number of benzene rings is 3. The summed E-state index contributed by atoms with van der Waals surface area (Å²) in [4.78, 5) is 54.9. The molecule has 0 unspecified atom stereocenters. The summed E-state index contributed by atoms with van der Waals surface area (Å²) in [5.41, 5.74) is -1.62. The van der Waals surface area contributed by atoms with Crippen LogP contribution in [0.15, 0.2) is 72.8 Å². The van der Waals surface area contributed by atoms with E-state index >= 15 is 0 Å². The van der Waals surface area contributed by atoms with Gasteiger partial charge in [-0.3, -0.25) is 19.2 Å². The molecule has 0 bridgehead atoms. The molecule has 0 radical (unpaired) electrons. The van der Waals surface area contributed by atoms with Crippen molar-refractivity contribution in [2.24, 2.45) is 10.8 Å². The fourth-order valence-corrected chi connectivity index (χ4v) is 5.78. The number of carbonyl (C=O) groups is 4. The highest BCUT2D eigenvalue weighted by molar-refractivity contribution is 6.45. The number of hydrogen-bond donors (Lipinski definition) is 0. The summed E-state index contributed by atoms with van der Waals surface area (Å²) in [6, 6.07) is 21.4. The van der Waals surface area contributed by atoms with Crippen LogP contribution in [0.4, 0.5) is 0 Å². The van der Waals surface area contributed by atoms with Gasteiger partial charge >= 0.3 is 0 Å². The van der Waals surface area contributed by atoms with Gasteiger partial charge in [-0.15, -0.1) is 0 Å². The fourth-order valence-electron chi connectivity index (χ4n) is 5.78. The topological polar surface area (TPSA) is 92.1 Å². The van der Waals surface area contributed by atoms with Crippen molar-refractivity contribution in [2.75, 3.05) is 0 Å². The zero-order valence-corrected chi connectivity index (χ0v) is 16.1.